The predicted molar refractivity (Wildman–Crippen MR) is 78.4 cm³/mol. The van der Waals surface area contributed by atoms with E-state index in [-0.39, 0.29) is 0 Å². The van der Waals surface area contributed by atoms with Gasteiger partial charge in [-0.1, -0.05) is 31.5 Å². The van der Waals surface area contributed by atoms with Gasteiger partial charge in [-0.05, 0) is 18.6 Å². The average molecular weight is 261 g/mol. The van der Waals surface area contributed by atoms with Gasteiger partial charge in [0.25, 0.3) is 0 Å². The van der Waals surface area contributed by atoms with Crippen LogP contribution in [0.25, 0.3) is 0 Å². The molecule has 1 heterocycles. The Balaban J connectivity index is 2.24. The van der Waals surface area contributed by atoms with Gasteiger partial charge in [-0.25, -0.2) is 4.98 Å². The SMILES string of the molecule is CCCCN(c1ccccc1)c1nc(CN)cs1. The topological polar surface area (TPSA) is 42.2 Å². The molecule has 2 rings (SSSR count). The Kier molecular flexibility index (Phi) is 4.73. The van der Waals surface area contributed by atoms with Crippen LogP contribution in [0.4, 0.5) is 10.8 Å². The molecule has 1 aromatic carbocycles. The van der Waals surface area contributed by atoms with E-state index < -0.39 is 0 Å². The minimum absolute atomic E-state index is 0.507. The first-order valence-electron chi connectivity index (χ1n) is 6.32. The molecule has 2 N–H and O–H groups in total. The highest BCUT2D eigenvalue weighted by molar-refractivity contribution is 7.13. The molecule has 3 nitrogen and oxygen atoms in total. The molecule has 0 atom stereocenters. The van der Waals surface area contributed by atoms with Gasteiger partial charge in [0.2, 0.25) is 0 Å². The molecule has 18 heavy (non-hydrogen) atoms. The second-order valence-electron chi connectivity index (χ2n) is 4.17. The highest BCUT2D eigenvalue weighted by Gasteiger charge is 2.12. The summed E-state index contributed by atoms with van der Waals surface area (Å²) in [5.74, 6) is 0. The van der Waals surface area contributed by atoms with Crippen molar-refractivity contribution in [1.29, 1.82) is 0 Å². The average Bonchev–Trinajstić information content (AvgIpc) is 2.89. The summed E-state index contributed by atoms with van der Waals surface area (Å²) in [6.07, 6.45) is 2.34. The molecule has 0 unspecified atom stereocenters. The third kappa shape index (κ3) is 3.09. The zero-order valence-corrected chi connectivity index (χ0v) is 11.5. The molecule has 1 aromatic heterocycles. The highest BCUT2D eigenvalue weighted by Crippen LogP contribution is 2.28. The number of nitrogens with zero attached hydrogens (tertiary/aromatic N) is 2. The maximum Gasteiger partial charge on any atom is 0.190 e. The summed E-state index contributed by atoms with van der Waals surface area (Å²) >= 11 is 1.66. The molecule has 96 valence electrons. The number of rotatable bonds is 6. The van der Waals surface area contributed by atoms with Crippen molar-refractivity contribution in [2.45, 2.75) is 26.3 Å². The van der Waals surface area contributed by atoms with Crippen LogP contribution >= 0.6 is 11.3 Å². The van der Waals surface area contributed by atoms with E-state index in [1.807, 2.05) is 11.4 Å². The molecular weight excluding hydrogens is 242 g/mol. The van der Waals surface area contributed by atoms with E-state index in [0.29, 0.717) is 6.54 Å². The largest absolute Gasteiger partial charge is 0.325 e. The number of benzene rings is 1. The first kappa shape index (κ1) is 13.1. The Morgan fingerprint density at radius 1 is 1.28 bits per heavy atom. The minimum Gasteiger partial charge on any atom is -0.325 e. The van der Waals surface area contributed by atoms with Crippen LogP contribution in [-0.2, 0) is 6.54 Å². The number of anilines is 2. The molecule has 0 aliphatic carbocycles. The minimum atomic E-state index is 0.507. The van der Waals surface area contributed by atoms with Crippen molar-refractivity contribution in [2.75, 3.05) is 11.4 Å². The second-order valence-corrected chi connectivity index (χ2v) is 5.00. The van der Waals surface area contributed by atoms with Gasteiger partial charge in [-0.2, -0.15) is 0 Å². The van der Waals surface area contributed by atoms with Crippen LogP contribution in [0, 0.1) is 0 Å². The lowest BCUT2D eigenvalue weighted by Crippen LogP contribution is -2.18. The smallest absolute Gasteiger partial charge is 0.190 e. The molecular formula is C14H19N3S. The lowest BCUT2D eigenvalue weighted by molar-refractivity contribution is 0.782. The van der Waals surface area contributed by atoms with Crippen molar-refractivity contribution in [1.82, 2.24) is 4.98 Å². The van der Waals surface area contributed by atoms with E-state index in [0.717, 1.165) is 23.8 Å². The molecule has 0 aliphatic rings. The molecule has 0 saturated carbocycles. The van der Waals surface area contributed by atoms with Gasteiger partial charge in [0.05, 0.1) is 5.69 Å². The maximum absolute atomic E-state index is 5.63. The monoisotopic (exact) mass is 261 g/mol. The summed E-state index contributed by atoms with van der Waals surface area (Å²) in [4.78, 5) is 6.85. The van der Waals surface area contributed by atoms with Crippen molar-refractivity contribution in [2.24, 2.45) is 5.73 Å². The van der Waals surface area contributed by atoms with Gasteiger partial charge in [-0.3, -0.25) is 0 Å². The maximum atomic E-state index is 5.63. The van der Waals surface area contributed by atoms with Crippen LogP contribution in [0.3, 0.4) is 0 Å². The van der Waals surface area contributed by atoms with Crippen molar-refractivity contribution in [3.63, 3.8) is 0 Å². The predicted octanol–water partition coefficient (Wildman–Crippen LogP) is 3.54. The van der Waals surface area contributed by atoms with E-state index in [1.165, 1.54) is 12.1 Å². The van der Waals surface area contributed by atoms with E-state index in [2.05, 4.69) is 41.1 Å². The Labute approximate surface area is 112 Å². The van der Waals surface area contributed by atoms with E-state index in [9.17, 15) is 0 Å². The van der Waals surface area contributed by atoms with Crippen LogP contribution in [0.15, 0.2) is 35.7 Å². The Hall–Kier alpha value is -1.39. The summed E-state index contributed by atoms with van der Waals surface area (Å²) in [5.41, 5.74) is 7.79. The first-order valence-corrected chi connectivity index (χ1v) is 7.20. The lowest BCUT2D eigenvalue weighted by Gasteiger charge is -2.21. The van der Waals surface area contributed by atoms with Crippen molar-refractivity contribution in [3.05, 3.63) is 41.4 Å². The molecule has 4 heteroatoms. The zero-order chi connectivity index (χ0) is 12.8. The Morgan fingerprint density at radius 2 is 2.06 bits per heavy atom. The summed E-state index contributed by atoms with van der Waals surface area (Å²) in [7, 11) is 0. The second kappa shape index (κ2) is 6.52. The van der Waals surface area contributed by atoms with Crippen molar-refractivity contribution in [3.8, 4) is 0 Å². The Morgan fingerprint density at radius 3 is 2.67 bits per heavy atom. The fourth-order valence-electron chi connectivity index (χ4n) is 1.77. The van der Waals surface area contributed by atoms with Gasteiger partial charge in [0, 0.05) is 24.2 Å². The molecule has 0 spiro atoms. The van der Waals surface area contributed by atoms with E-state index >= 15 is 0 Å². The van der Waals surface area contributed by atoms with Crippen LogP contribution in [-0.4, -0.2) is 11.5 Å². The number of nitrogens with two attached hydrogens (primary N) is 1. The third-order valence-electron chi connectivity index (χ3n) is 2.78. The molecule has 0 fully saturated rings. The van der Waals surface area contributed by atoms with Crippen LogP contribution in [0.1, 0.15) is 25.5 Å². The zero-order valence-electron chi connectivity index (χ0n) is 10.7. The van der Waals surface area contributed by atoms with Crippen LogP contribution in [0.5, 0.6) is 0 Å². The first-order chi connectivity index (χ1) is 8.85. The third-order valence-corrected chi connectivity index (χ3v) is 3.70. The number of aromatic nitrogens is 1. The fraction of sp³-hybridized carbons (Fsp3) is 0.357. The quantitative estimate of drug-likeness (QED) is 0.864. The highest BCUT2D eigenvalue weighted by atomic mass is 32.1. The number of hydrogen-bond acceptors (Lipinski definition) is 4. The molecule has 0 amide bonds. The number of unbranched alkanes of at least 4 members (excludes halogenated alkanes) is 1. The Bertz CT molecular complexity index is 467. The molecule has 0 saturated heterocycles. The van der Waals surface area contributed by atoms with Crippen molar-refractivity contribution >= 4 is 22.2 Å². The summed E-state index contributed by atoms with van der Waals surface area (Å²) in [6.45, 7) is 3.71. The number of para-hydroxylation sites is 1. The summed E-state index contributed by atoms with van der Waals surface area (Å²) in [6, 6.07) is 10.4. The molecule has 0 radical (unpaired) electrons. The molecule has 2 aromatic rings. The van der Waals surface area contributed by atoms with Gasteiger partial charge in [0.15, 0.2) is 5.13 Å². The lowest BCUT2D eigenvalue weighted by atomic mass is 10.2. The number of thiazole rings is 1. The van der Waals surface area contributed by atoms with E-state index in [4.69, 9.17) is 5.73 Å². The van der Waals surface area contributed by atoms with Crippen LogP contribution in [0.2, 0.25) is 0 Å². The van der Waals surface area contributed by atoms with E-state index in [1.54, 1.807) is 11.3 Å². The van der Waals surface area contributed by atoms with Gasteiger partial charge in [-0.15, -0.1) is 11.3 Å². The normalized spacial score (nSPS) is 10.6. The van der Waals surface area contributed by atoms with Crippen molar-refractivity contribution < 1.29 is 0 Å². The number of hydrogen-bond donors (Lipinski definition) is 1. The standard InChI is InChI=1S/C14H19N3S/c1-2-3-9-17(13-7-5-4-6-8-13)14-16-12(10-15)11-18-14/h4-8,11H,2-3,9-10,15H2,1H3. The van der Waals surface area contributed by atoms with Gasteiger partial charge in [0.1, 0.15) is 0 Å². The fourth-order valence-corrected chi connectivity index (χ4v) is 2.66. The summed E-state index contributed by atoms with van der Waals surface area (Å²) < 4.78 is 0. The summed E-state index contributed by atoms with van der Waals surface area (Å²) in [5, 5.41) is 3.08. The molecule has 0 bridgehead atoms. The van der Waals surface area contributed by atoms with Crippen LogP contribution < -0.4 is 10.6 Å². The van der Waals surface area contributed by atoms with Gasteiger partial charge < -0.3 is 10.6 Å². The molecule has 0 aliphatic heterocycles. The van der Waals surface area contributed by atoms with Gasteiger partial charge >= 0.3 is 0 Å².